The first-order valence-corrected chi connectivity index (χ1v) is 4.50. The van der Waals surface area contributed by atoms with E-state index in [-0.39, 0.29) is 0 Å². The van der Waals surface area contributed by atoms with Gasteiger partial charge in [0, 0.05) is 10.1 Å². The zero-order chi connectivity index (χ0) is 8.97. The lowest BCUT2D eigenvalue weighted by Crippen LogP contribution is -2.31. The highest BCUT2D eigenvalue weighted by molar-refractivity contribution is 8.00. The highest BCUT2D eigenvalue weighted by atomic mass is 32.2. The van der Waals surface area contributed by atoms with Crippen LogP contribution in [0.25, 0.3) is 0 Å². The Morgan fingerprint density at radius 1 is 1.42 bits per heavy atom. The number of carbonyl (C=O) groups excluding carboxylic acids is 1. The minimum absolute atomic E-state index is 0.493. The quantitative estimate of drug-likeness (QED) is 0.651. The van der Waals surface area contributed by atoms with Crippen molar-refractivity contribution in [2.75, 3.05) is 0 Å². The molecule has 0 heterocycles. The van der Waals surface area contributed by atoms with Crippen molar-refractivity contribution in [3.63, 3.8) is 0 Å². The molecule has 0 spiro atoms. The molecule has 3 heteroatoms. The topological polar surface area (TPSA) is 40.1 Å². The predicted octanol–water partition coefficient (Wildman–Crippen LogP) is 0.917. The maximum Gasteiger partial charge on any atom is 0.0545 e. The monoisotopic (exact) mass is 181 g/mol. The third-order valence-corrected chi connectivity index (χ3v) is 2.48. The van der Waals surface area contributed by atoms with Crippen molar-refractivity contribution in [2.45, 2.75) is 17.1 Å². The summed E-state index contributed by atoms with van der Waals surface area (Å²) < 4.78 is 0. The van der Waals surface area contributed by atoms with E-state index in [1.807, 2.05) is 30.3 Å². The number of carboxylic acid groups (broad SMARTS) is 1. The van der Waals surface area contributed by atoms with E-state index in [1.54, 1.807) is 6.92 Å². The summed E-state index contributed by atoms with van der Waals surface area (Å²) in [6, 6.07) is 9.41. The molecule has 0 aliphatic carbocycles. The van der Waals surface area contributed by atoms with Gasteiger partial charge >= 0.3 is 0 Å². The Balaban J connectivity index is 2.58. The van der Waals surface area contributed by atoms with E-state index in [4.69, 9.17) is 0 Å². The first kappa shape index (κ1) is 9.13. The van der Waals surface area contributed by atoms with E-state index in [9.17, 15) is 9.90 Å². The molecular weight excluding hydrogens is 172 g/mol. The summed E-state index contributed by atoms with van der Waals surface area (Å²) in [5.74, 6) is -1.02. The third-order valence-electron chi connectivity index (χ3n) is 1.39. The normalized spacial score (nSPS) is 12.4. The number of hydrogen-bond acceptors (Lipinski definition) is 3. The lowest BCUT2D eigenvalue weighted by atomic mass is 10.4. The van der Waals surface area contributed by atoms with Crippen LogP contribution in [0.5, 0.6) is 0 Å². The van der Waals surface area contributed by atoms with Crippen LogP contribution in [-0.4, -0.2) is 11.2 Å². The van der Waals surface area contributed by atoms with E-state index < -0.39 is 11.2 Å². The number of carboxylic acids is 1. The Bertz CT molecular complexity index is 258. The van der Waals surface area contributed by atoms with E-state index in [2.05, 4.69) is 0 Å². The summed E-state index contributed by atoms with van der Waals surface area (Å²) in [6.07, 6.45) is 0. The highest BCUT2D eigenvalue weighted by Gasteiger charge is 2.03. The SMILES string of the molecule is CC(Sc1ccccc1)C(=O)[O-]. The number of carbonyl (C=O) groups is 1. The molecule has 0 aliphatic rings. The van der Waals surface area contributed by atoms with Crippen LogP contribution in [0, 0.1) is 0 Å². The molecule has 2 nitrogen and oxygen atoms in total. The molecule has 0 radical (unpaired) electrons. The second kappa shape index (κ2) is 4.16. The molecule has 1 rings (SSSR count). The van der Waals surface area contributed by atoms with E-state index in [0.717, 1.165) is 4.90 Å². The minimum Gasteiger partial charge on any atom is -0.549 e. The van der Waals surface area contributed by atoms with Gasteiger partial charge in [-0.3, -0.25) is 0 Å². The van der Waals surface area contributed by atoms with Crippen LogP contribution < -0.4 is 5.11 Å². The third kappa shape index (κ3) is 2.58. The molecule has 0 bridgehead atoms. The standard InChI is InChI=1S/C9H10O2S/c1-7(9(10)11)12-8-5-3-2-4-6-8/h2-7H,1H3,(H,10,11)/p-1. The summed E-state index contributed by atoms with van der Waals surface area (Å²) in [6.45, 7) is 1.62. The van der Waals surface area contributed by atoms with Crippen molar-refractivity contribution < 1.29 is 9.90 Å². The van der Waals surface area contributed by atoms with Gasteiger partial charge in [0.2, 0.25) is 0 Å². The fourth-order valence-corrected chi connectivity index (χ4v) is 1.57. The lowest BCUT2D eigenvalue weighted by Gasteiger charge is -2.11. The van der Waals surface area contributed by atoms with Crippen LogP contribution in [0.1, 0.15) is 6.92 Å². The average Bonchev–Trinajstić information content (AvgIpc) is 2.06. The van der Waals surface area contributed by atoms with Crippen molar-refractivity contribution in [2.24, 2.45) is 0 Å². The molecular formula is C9H9O2S-. The average molecular weight is 181 g/mol. The second-order valence-electron chi connectivity index (χ2n) is 2.39. The summed E-state index contributed by atoms with van der Waals surface area (Å²) >= 11 is 1.29. The van der Waals surface area contributed by atoms with Gasteiger partial charge in [-0.05, 0) is 19.1 Å². The van der Waals surface area contributed by atoms with Gasteiger partial charge in [-0.1, -0.05) is 18.2 Å². The van der Waals surface area contributed by atoms with Crippen LogP contribution in [0.4, 0.5) is 0 Å². The zero-order valence-corrected chi connectivity index (χ0v) is 7.51. The van der Waals surface area contributed by atoms with Crippen molar-refractivity contribution in [1.29, 1.82) is 0 Å². The Kier molecular flexibility index (Phi) is 3.17. The van der Waals surface area contributed by atoms with Crippen molar-refractivity contribution >= 4 is 17.7 Å². The molecule has 0 N–H and O–H groups in total. The van der Waals surface area contributed by atoms with Gasteiger partial charge in [0.25, 0.3) is 0 Å². The summed E-state index contributed by atoms with van der Waals surface area (Å²) in [4.78, 5) is 11.3. The number of thioether (sulfide) groups is 1. The minimum atomic E-state index is -1.02. The maximum atomic E-state index is 10.4. The molecule has 1 aromatic rings. The van der Waals surface area contributed by atoms with Gasteiger partial charge < -0.3 is 9.90 Å². The van der Waals surface area contributed by atoms with E-state index in [0.29, 0.717) is 0 Å². The van der Waals surface area contributed by atoms with E-state index in [1.165, 1.54) is 11.8 Å². The molecule has 0 fully saturated rings. The molecule has 1 unspecified atom stereocenters. The molecule has 0 aromatic heterocycles. The van der Waals surface area contributed by atoms with Gasteiger partial charge in [-0.2, -0.15) is 0 Å². The highest BCUT2D eigenvalue weighted by Crippen LogP contribution is 2.21. The molecule has 64 valence electrons. The van der Waals surface area contributed by atoms with E-state index >= 15 is 0 Å². The smallest absolute Gasteiger partial charge is 0.0545 e. The summed E-state index contributed by atoms with van der Waals surface area (Å²) in [7, 11) is 0. The van der Waals surface area contributed by atoms with Crippen LogP contribution in [0.2, 0.25) is 0 Å². The van der Waals surface area contributed by atoms with Crippen LogP contribution in [0.15, 0.2) is 35.2 Å². The summed E-state index contributed by atoms with van der Waals surface area (Å²) in [5, 5.41) is 9.88. The molecule has 0 aliphatic heterocycles. The van der Waals surface area contributed by atoms with Gasteiger partial charge in [0.05, 0.1) is 5.97 Å². The van der Waals surface area contributed by atoms with Crippen LogP contribution in [0.3, 0.4) is 0 Å². The largest absolute Gasteiger partial charge is 0.549 e. The molecule has 1 aromatic carbocycles. The second-order valence-corrected chi connectivity index (χ2v) is 3.81. The Morgan fingerprint density at radius 3 is 2.50 bits per heavy atom. The molecule has 1 atom stereocenters. The van der Waals surface area contributed by atoms with Crippen LogP contribution >= 0.6 is 11.8 Å². The zero-order valence-electron chi connectivity index (χ0n) is 6.69. The first-order chi connectivity index (χ1) is 5.70. The predicted molar refractivity (Wildman–Crippen MR) is 46.8 cm³/mol. The Morgan fingerprint density at radius 2 is 2.00 bits per heavy atom. The number of benzene rings is 1. The first-order valence-electron chi connectivity index (χ1n) is 3.62. The lowest BCUT2D eigenvalue weighted by molar-refractivity contribution is -0.304. The molecule has 0 amide bonds. The number of hydrogen-bond donors (Lipinski definition) is 0. The Hall–Kier alpha value is -0.960. The van der Waals surface area contributed by atoms with Crippen molar-refractivity contribution in [1.82, 2.24) is 0 Å². The van der Waals surface area contributed by atoms with Gasteiger partial charge in [0.15, 0.2) is 0 Å². The molecule has 0 saturated heterocycles. The van der Waals surface area contributed by atoms with Gasteiger partial charge in [-0.25, -0.2) is 0 Å². The number of aliphatic carboxylic acids is 1. The fraction of sp³-hybridized carbons (Fsp3) is 0.222. The molecule has 12 heavy (non-hydrogen) atoms. The molecule has 0 saturated carbocycles. The van der Waals surface area contributed by atoms with Gasteiger partial charge in [0.1, 0.15) is 0 Å². The van der Waals surface area contributed by atoms with Gasteiger partial charge in [-0.15, -0.1) is 11.8 Å². The van der Waals surface area contributed by atoms with Crippen molar-refractivity contribution in [3.05, 3.63) is 30.3 Å². The number of rotatable bonds is 3. The van der Waals surface area contributed by atoms with Crippen molar-refractivity contribution in [3.8, 4) is 0 Å². The fourth-order valence-electron chi connectivity index (χ4n) is 0.751. The maximum absolute atomic E-state index is 10.4. The summed E-state index contributed by atoms with van der Waals surface area (Å²) in [5.41, 5.74) is 0. The Labute approximate surface area is 75.6 Å². The van der Waals surface area contributed by atoms with Crippen LogP contribution in [-0.2, 0) is 4.79 Å².